The molecule has 1 aliphatic carbocycles. The number of benzene rings is 1. The number of nitrogens with one attached hydrogen (secondary N) is 1. The van der Waals surface area contributed by atoms with E-state index in [1.165, 1.54) is 36.2 Å². The number of hydrogen-bond donors (Lipinski definition) is 1. The molecule has 0 bridgehead atoms. The molecule has 100 valence electrons. The van der Waals surface area contributed by atoms with Gasteiger partial charge < -0.3 is 5.32 Å². The topological polar surface area (TPSA) is 29.9 Å². The summed E-state index contributed by atoms with van der Waals surface area (Å²) in [6, 6.07) is 10.9. The predicted octanol–water partition coefficient (Wildman–Crippen LogP) is 3.25. The van der Waals surface area contributed by atoms with Gasteiger partial charge in [-0.3, -0.25) is 0 Å². The summed E-state index contributed by atoms with van der Waals surface area (Å²) < 4.78 is 2.11. The molecule has 3 heteroatoms. The van der Waals surface area contributed by atoms with Crippen LogP contribution in [0.1, 0.15) is 43.5 Å². The zero-order valence-corrected chi connectivity index (χ0v) is 11.5. The van der Waals surface area contributed by atoms with Gasteiger partial charge in [0.2, 0.25) is 0 Å². The van der Waals surface area contributed by atoms with Gasteiger partial charge in [0.1, 0.15) is 0 Å². The third-order valence-corrected chi connectivity index (χ3v) is 3.82. The lowest BCUT2D eigenvalue weighted by atomic mass is 9.93. The van der Waals surface area contributed by atoms with E-state index in [9.17, 15) is 0 Å². The van der Waals surface area contributed by atoms with Gasteiger partial charge in [-0.1, -0.05) is 25.1 Å². The van der Waals surface area contributed by atoms with Crippen LogP contribution >= 0.6 is 0 Å². The first-order valence-electron chi connectivity index (χ1n) is 7.25. The van der Waals surface area contributed by atoms with Gasteiger partial charge in [-0.25, -0.2) is 4.68 Å². The zero-order valence-electron chi connectivity index (χ0n) is 11.5. The molecule has 2 aromatic rings. The molecule has 0 saturated carbocycles. The highest BCUT2D eigenvalue weighted by Crippen LogP contribution is 2.30. The summed E-state index contributed by atoms with van der Waals surface area (Å²) in [7, 11) is 0. The van der Waals surface area contributed by atoms with Crippen molar-refractivity contribution in [1.29, 1.82) is 0 Å². The van der Waals surface area contributed by atoms with Crippen LogP contribution in [0.4, 0.5) is 0 Å². The van der Waals surface area contributed by atoms with Crippen molar-refractivity contribution in [2.45, 2.75) is 38.6 Å². The van der Waals surface area contributed by atoms with Gasteiger partial charge in [-0.2, -0.15) is 5.10 Å². The predicted molar refractivity (Wildman–Crippen MR) is 77.5 cm³/mol. The molecular weight excluding hydrogens is 234 g/mol. The van der Waals surface area contributed by atoms with E-state index in [0.29, 0.717) is 6.04 Å². The molecule has 0 fully saturated rings. The van der Waals surface area contributed by atoms with Crippen LogP contribution in [-0.4, -0.2) is 16.3 Å². The summed E-state index contributed by atoms with van der Waals surface area (Å²) in [5.41, 5.74) is 3.94. The lowest BCUT2D eigenvalue weighted by molar-refractivity contribution is 0.456. The first-order valence-corrected chi connectivity index (χ1v) is 7.25. The second kappa shape index (κ2) is 5.57. The Balaban J connectivity index is 1.92. The average Bonchev–Trinajstić information content (AvgIpc) is 2.90. The molecule has 1 atom stereocenters. The first-order chi connectivity index (χ1) is 9.40. The van der Waals surface area contributed by atoms with Gasteiger partial charge >= 0.3 is 0 Å². The number of nitrogens with zero attached hydrogens (tertiary/aromatic N) is 2. The van der Waals surface area contributed by atoms with Crippen molar-refractivity contribution in [3.63, 3.8) is 0 Å². The Bertz CT molecular complexity index is 530. The van der Waals surface area contributed by atoms with E-state index in [1.54, 1.807) is 0 Å². The van der Waals surface area contributed by atoms with Crippen molar-refractivity contribution in [2.75, 3.05) is 6.54 Å². The van der Waals surface area contributed by atoms with Gasteiger partial charge in [0, 0.05) is 17.3 Å². The molecule has 1 heterocycles. The quantitative estimate of drug-likeness (QED) is 0.909. The Labute approximate surface area is 114 Å². The maximum Gasteiger partial charge on any atom is 0.0648 e. The minimum Gasteiger partial charge on any atom is -0.310 e. The molecule has 0 amide bonds. The monoisotopic (exact) mass is 255 g/mol. The molecule has 19 heavy (non-hydrogen) atoms. The first kappa shape index (κ1) is 12.4. The summed E-state index contributed by atoms with van der Waals surface area (Å²) in [6.07, 6.45) is 6.84. The molecule has 0 radical (unpaired) electrons. The molecule has 0 spiro atoms. The lowest BCUT2D eigenvalue weighted by Crippen LogP contribution is -2.25. The van der Waals surface area contributed by atoms with Crippen molar-refractivity contribution in [1.82, 2.24) is 15.1 Å². The summed E-state index contributed by atoms with van der Waals surface area (Å²) in [6.45, 7) is 3.30. The average molecular weight is 255 g/mol. The summed E-state index contributed by atoms with van der Waals surface area (Å²) >= 11 is 0. The smallest absolute Gasteiger partial charge is 0.0648 e. The maximum atomic E-state index is 4.60. The number of rotatable bonds is 4. The van der Waals surface area contributed by atoms with Crippen LogP contribution in [0.5, 0.6) is 0 Å². The summed E-state index contributed by atoms with van der Waals surface area (Å²) in [4.78, 5) is 0. The minimum absolute atomic E-state index is 0.487. The van der Waals surface area contributed by atoms with E-state index < -0.39 is 0 Å². The van der Waals surface area contributed by atoms with Gasteiger partial charge in [-0.15, -0.1) is 0 Å². The van der Waals surface area contributed by atoms with Gasteiger partial charge in [0.15, 0.2) is 0 Å². The summed E-state index contributed by atoms with van der Waals surface area (Å²) in [5.74, 6) is 0. The molecule has 0 aliphatic heterocycles. The maximum absolute atomic E-state index is 4.60. The van der Waals surface area contributed by atoms with Crippen LogP contribution in [0.15, 0.2) is 36.5 Å². The number of aromatic nitrogens is 2. The standard InChI is InChI=1S/C16H21N3/c1-2-11-17-15-9-6-10-16-14(15)12-18-19(16)13-7-4-3-5-8-13/h3-5,7-8,12,15,17H,2,6,9-11H2,1H3. The van der Waals surface area contributed by atoms with E-state index >= 15 is 0 Å². The van der Waals surface area contributed by atoms with Crippen molar-refractivity contribution < 1.29 is 0 Å². The Morgan fingerprint density at radius 3 is 2.95 bits per heavy atom. The second-order valence-electron chi connectivity index (χ2n) is 5.19. The van der Waals surface area contributed by atoms with E-state index in [2.05, 4.69) is 52.5 Å². The Hall–Kier alpha value is -1.61. The van der Waals surface area contributed by atoms with E-state index in [-0.39, 0.29) is 0 Å². The fourth-order valence-electron chi connectivity index (χ4n) is 2.88. The molecular formula is C16H21N3. The Morgan fingerprint density at radius 1 is 1.32 bits per heavy atom. The van der Waals surface area contributed by atoms with E-state index in [1.807, 2.05) is 6.07 Å². The van der Waals surface area contributed by atoms with Gasteiger partial charge in [0.05, 0.1) is 11.9 Å². The normalized spacial score (nSPS) is 18.3. The molecule has 1 aliphatic rings. The highest BCUT2D eigenvalue weighted by Gasteiger charge is 2.23. The molecule has 0 saturated heterocycles. The second-order valence-corrected chi connectivity index (χ2v) is 5.19. The van der Waals surface area contributed by atoms with Crippen molar-refractivity contribution >= 4 is 0 Å². The van der Waals surface area contributed by atoms with Crippen molar-refractivity contribution in [3.8, 4) is 5.69 Å². The van der Waals surface area contributed by atoms with Crippen molar-refractivity contribution in [3.05, 3.63) is 47.8 Å². The largest absolute Gasteiger partial charge is 0.310 e. The van der Waals surface area contributed by atoms with Crippen LogP contribution in [0.2, 0.25) is 0 Å². The number of hydrogen-bond acceptors (Lipinski definition) is 2. The van der Waals surface area contributed by atoms with Crippen LogP contribution in [0, 0.1) is 0 Å². The molecule has 3 rings (SSSR count). The summed E-state index contributed by atoms with van der Waals surface area (Å²) in [5, 5.41) is 8.24. The lowest BCUT2D eigenvalue weighted by Gasteiger charge is -2.24. The van der Waals surface area contributed by atoms with E-state index in [4.69, 9.17) is 0 Å². The van der Waals surface area contributed by atoms with Crippen LogP contribution in [-0.2, 0) is 6.42 Å². The highest BCUT2D eigenvalue weighted by atomic mass is 15.3. The third kappa shape index (κ3) is 2.43. The van der Waals surface area contributed by atoms with Crippen LogP contribution in [0.25, 0.3) is 5.69 Å². The van der Waals surface area contributed by atoms with E-state index in [0.717, 1.165) is 13.0 Å². The molecule has 3 nitrogen and oxygen atoms in total. The van der Waals surface area contributed by atoms with Gasteiger partial charge in [0.25, 0.3) is 0 Å². The fraction of sp³-hybridized carbons (Fsp3) is 0.438. The van der Waals surface area contributed by atoms with Gasteiger partial charge in [-0.05, 0) is 44.4 Å². The highest BCUT2D eigenvalue weighted by molar-refractivity contribution is 5.36. The van der Waals surface area contributed by atoms with Crippen LogP contribution < -0.4 is 5.32 Å². The third-order valence-electron chi connectivity index (χ3n) is 3.82. The SMILES string of the molecule is CCCNC1CCCc2c1cnn2-c1ccccc1. The molecule has 1 aromatic carbocycles. The Morgan fingerprint density at radius 2 is 2.16 bits per heavy atom. The minimum atomic E-state index is 0.487. The number of para-hydroxylation sites is 1. The van der Waals surface area contributed by atoms with Crippen molar-refractivity contribution in [2.24, 2.45) is 0 Å². The molecule has 1 aromatic heterocycles. The fourth-order valence-corrected chi connectivity index (χ4v) is 2.88. The molecule has 1 unspecified atom stereocenters. The number of fused-ring (bicyclic) bond motifs is 1. The Kier molecular flexibility index (Phi) is 3.65. The molecule has 1 N–H and O–H groups in total. The zero-order chi connectivity index (χ0) is 13.1. The van der Waals surface area contributed by atoms with Crippen LogP contribution in [0.3, 0.4) is 0 Å².